The van der Waals surface area contributed by atoms with Gasteiger partial charge in [0, 0.05) is 31.5 Å². The van der Waals surface area contributed by atoms with Gasteiger partial charge in [-0.25, -0.2) is 4.98 Å². The van der Waals surface area contributed by atoms with Crippen LogP contribution in [0.1, 0.15) is 34.8 Å². The molecule has 0 aliphatic carbocycles. The molecule has 0 aliphatic rings. The smallest absolute Gasteiger partial charge is 0.278 e. The van der Waals surface area contributed by atoms with Gasteiger partial charge in [0.2, 0.25) is 0 Å². The second-order valence-electron chi connectivity index (χ2n) is 7.52. The summed E-state index contributed by atoms with van der Waals surface area (Å²) in [5, 5.41) is 10.1. The molecule has 0 atom stereocenters. The Morgan fingerprint density at radius 3 is 2.70 bits per heavy atom. The summed E-state index contributed by atoms with van der Waals surface area (Å²) in [6.07, 6.45) is 2.25. The van der Waals surface area contributed by atoms with Gasteiger partial charge in [-0.3, -0.25) is 14.0 Å². The molecule has 0 spiro atoms. The Morgan fingerprint density at radius 2 is 1.97 bits per heavy atom. The lowest BCUT2D eigenvalue weighted by Crippen LogP contribution is -2.30. The van der Waals surface area contributed by atoms with Crippen LogP contribution in [-0.4, -0.2) is 33.1 Å². The molecule has 33 heavy (non-hydrogen) atoms. The van der Waals surface area contributed by atoms with Crippen LogP contribution in [0, 0.1) is 18.3 Å². The monoisotopic (exact) mass is 441 g/mol. The summed E-state index contributed by atoms with van der Waals surface area (Å²) in [6, 6.07) is 15.9. The van der Waals surface area contributed by atoms with E-state index in [1.807, 2.05) is 26.0 Å². The first-order valence-electron chi connectivity index (χ1n) is 10.7. The van der Waals surface area contributed by atoms with E-state index in [9.17, 15) is 14.9 Å². The van der Waals surface area contributed by atoms with Crippen LogP contribution in [0.5, 0.6) is 0 Å². The Bertz CT molecular complexity index is 1510. The van der Waals surface area contributed by atoms with E-state index in [4.69, 9.17) is 9.72 Å². The molecular formula is C25H23N5O3. The summed E-state index contributed by atoms with van der Waals surface area (Å²) in [6.45, 7) is 5.23. The van der Waals surface area contributed by atoms with Crippen LogP contribution in [0.25, 0.3) is 16.7 Å². The van der Waals surface area contributed by atoms with Gasteiger partial charge in [-0.1, -0.05) is 24.3 Å². The minimum Gasteiger partial charge on any atom is -0.382 e. The third-order valence-corrected chi connectivity index (χ3v) is 5.33. The van der Waals surface area contributed by atoms with Crippen LogP contribution in [0.4, 0.5) is 0 Å². The average Bonchev–Trinajstić information content (AvgIpc) is 2.84. The quantitative estimate of drug-likeness (QED) is 0.338. The number of benzene rings is 1. The van der Waals surface area contributed by atoms with Gasteiger partial charge in [0.25, 0.3) is 11.5 Å². The van der Waals surface area contributed by atoms with Crippen LogP contribution in [0.2, 0.25) is 0 Å². The first-order valence-corrected chi connectivity index (χ1v) is 10.7. The molecule has 1 aromatic carbocycles. The molecule has 4 rings (SSSR count). The van der Waals surface area contributed by atoms with Gasteiger partial charge in [0.15, 0.2) is 5.49 Å². The molecule has 0 saturated heterocycles. The summed E-state index contributed by atoms with van der Waals surface area (Å²) in [5.41, 5.74) is 2.16. The largest absolute Gasteiger partial charge is 0.382 e. The number of fused-ring (bicyclic) bond motifs is 2. The maximum atomic E-state index is 13.3. The fourth-order valence-corrected chi connectivity index (χ4v) is 3.71. The van der Waals surface area contributed by atoms with Crippen molar-refractivity contribution in [1.29, 1.82) is 5.26 Å². The number of carbonyl (C=O) groups excluding carboxylic acids is 1. The molecule has 8 nitrogen and oxygen atoms in total. The molecule has 3 aromatic heterocycles. The van der Waals surface area contributed by atoms with Crippen molar-refractivity contribution >= 4 is 22.6 Å². The molecule has 166 valence electrons. The standard InChI is InChI=1S/C25H23N5O3/c1-3-33-14-8-13-29-22(28-24(31)18-10-5-4-6-11-18)19(16-26)15-20-23(29)27-21-17(2)9-7-12-30(21)25(20)32/h4-7,9-12,15H,3,8,13-14H2,1-2H3. The predicted octanol–water partition coefficient (Wildman–Crippen LogP) is 3.00. The summed E-state index contributed by atoms with van der Waals surface area (Å²) in [4.78, 5) is 35.2. The summed E-state index contributed by atoms with van der Waals surface area (Å²) < 4.78 is 8.61. The molecule has 0 saturated carbocycles. The minimum atomic E-state index is -0.473. The molecule has 0 radical (unpaired) electrons. The van der Waals surface area contributed by atoms with Gasteiger partial charge < -0.3 is 9.30 Å². The van der Waals surface area contributed by atoms with E-state index in [-0.39, 0.29) is 22.0 Å². The zero-order valence-electron chi connectivity index (χ0n) is 18.5. The van der Waals surface area contributed by atoms with Crippen molar-refractivity contribution in [3.05, 3.63) is 87.3 Å². The SMILES string of the molecule is CCOCCCn1c(=NC(=O)c2ccccc2)c(C#N)cc2c(=O)n3cccc(C)c3nc21. The Labute approximate surface area is 190 Å². The number of rotatable bonds is 6. The maximum absolute atomic E-state index is 13.3. The third-order valence-electron chi connectivity index (χ3n) is 5.33. The number of amides is 1. The number of hydrogen-bond donors (Lipinski definition) is 0. The predicted molar refractivity (Wildman–Crippen MR) is 124 cm³/mol. The number of carbonyl (C=O) groups is 1. The highest BCUT2D eigenvalue weighted by Gasteiger charge is 2.16. The van der Waals surface area contributed by atoms with Crippen molar-refractivity contribution < 1.29 is 9.53 Å². The van der Waals surface area contributed by atoms with Gasteiger partial charge in [-0.2, -0.15) is 10.3 Å². The maximum Gasteiger partial charge on any atom is 0.278 e. The summed E-state index contributed by atoms with van der Waals surface area (Å²) >= 11 is 0. The van der Waals surface area contributed by atoms with Gasteiger partial charge >= 0.3 is 0 Å². The average molecular weight is 441 g/mol. The van der Waals surface area contributed by atoms with E-state index in [0.717, 1.165) is 5.56 Å². The van der Waals surface area contributed by atoms with Crippen LogP contribution in [0.15, 0.2) is 64.5 Å². The highest BCUT2D eigenvalue weighted by molar-refractivity contribution is 5.95. The van der Waals surface area contributed by atoms with Crippen molar-refractivity contribution in [2.24, 2.45) is 4.99 Å². The molecular weight excluding hydrogens is 418 g/mol. The molecule has 0 bridgehead atoms. The molecule has 0 fully saturated rings. The lowest BCUT2D eigenvalue weighted by molar-refractivity contribution is 0.0997. The molecule has 8 heteroatoms. The molecule has 4 aromatic rings. The minimum absolute atomic E-state index is 0.134. The fraction of sp³-hybridized carbons (Fsp3) is 0.240. The van der Waals surface area contributed by atoms with Gasteiger partial charge in [0.05, 0.1) is 10.9 Å². The van der Waals surface area contributed by atoms with Crippen molar-refractivity contribution in [2.75, 3.05) is 13.2 Å². The van der Waals surface area contributed by atoms with Crippen molar-refractivity contribution in [3.63, 3.8) is 0 Å². The highest BCUT2D eigenvalue weighted by atomic mass is 16.5. The van der Waals surface area contributed by atoms with Crippen molar-refractivity contribution in [3.8, 4) is 6.07 Å². The van der Waals surface area contributed by atoms with Crippen LogP contribution >= 0.6 is 0 Å². The number of pyridine rings is 2. The zero-order chi connectivity index (χ0) is 23.4. The number of nitrogens with zero attached hydrogens (tertiary/aromatic N) is 5. The van der Waals surface area contributed by atoms with E-state index in [1.165, 1.54) is 10.5 Å². The first kappa shape index (κ1) is 22.1. The van der Waals surface area contributed by atoms with Crippen LogP contribution in [-0.2, 0) is 11.3 Å². The van der Waals surface area contributed by atoms with E-state index >= 15 is 0 Å². The summed E-state index contributed by atoms with van der Waals surface area (Å²) in [5.74, 6) is -0.473. The molecule has 0 unspecified atom stereocenters. The molecule has 3 heterocycles. The van der Waals surface area contributed by atoms with Crippen LogP contribution in [0.3, 0.4) is 0 Å². The Morgan fingerprint density at radius 1 is 1.18 bits per heavy atom. The van der Waals surface area contributed by atoms with Gasteiger partial charge in [-0.15, -0.1) is 0 Å². The Kier molecular flexibility index (Phi) is 6.43. The highest BCUT2D eigenvalue weighted by Crippen LogP contribution is 2.13. The van der Waals surface area contributed by atoms with E-state index in [0.29, 0.717) is 43.0 Å². The van der Waals surface area contributed by atoms with Crippen molar-refractivity contribution in [2.45, 2.75) is 26.8 Å². The van der Waals surface area contributed by atoms with Crippen molar-refractivity contribution in [1.82, 2.24) is 14.0 Å². The first-order chi connectivity index (χ1) is 16.0. The van der Waals surface area contributed by atoms with Gasteiger partial charge in [0.1, 0.15) is 17.4 Å². The number of aryl methyl sites for hydroxylation is 2. The second-order valence-corrected chi connectivity index (χ2v) is 7.52. The second kappa shape index (κ2) is 9.59. The Balaban J connectivity index is 2.04. The lowest BCUT2D eigenvalue weighted by Gasteiger charge is -2.14. The third kappa shape index (κ3) is 4.31. The zero-order valence-corrected chi connectivity index (χ0v) is 18.5. The van der Waals surface area contributed by atoms with E-state index < -0.39 is 5.91 Å². The van der Waals surface area contributed by atoms with E-state index in [2.05, 4.69) is 11.1 Å². The summed E-state index contributed by atoms with van der Waals surface area (Å²) in [7, 11) is 0. The van der Waals surface area contributed by atoms with Gasteiger partial charge in [-0.05, 0) is 50.1 Å². The normalized spacial score (nSPS) is 11.7. The molecule has 1 amide bonds. The molecule has 0 N–H and O–H groups in total. The number of nitriles is 1. The molecule has 0 aliphatic heterocycles. The topological polar surface area (TPSA) is 102 Å². The fourth-order valence-electron chi connectivity index (χ4n) is 3.71. The lowest BCUT2D eigenvalue weighted by atomic mass is 10.2. The van der Waals surface area contributed by atoms with E-state index in [1.54, 1.807) is 41.1 Å². The number of ether oxygens (including phenoxy) is 1. The Hall–Kier alpha value is -4.09. The number of aromatic nitrogens is 3. The van der Waals surface area contributed by atoms with Crippen LogP contribution < -0.4 is 11.0 Å². The number of hydrogen-bond acceptors (Lipinski definition) is 5.